The van der Waals surface area contributed by atoms with Crippen LogP contribution in [0, 0.1) is 5.21 Å². The first-order chi connectivity index (χ1) is 1.91. The van der Waals surface area contributed by atoms with Gasteiger partial charge in [0.1, 0.15) is 0 Å². The number of rotatable bonds is 0. The third-order valence-corrected chi connectivity index (χ3v) is 0.105. The van der Waals surface area contributed by atoms with Gasteiger partial charge in [-0.2, -0.15) is 0 Å². The van der Waals surface area contributed by atoms with Gasteiger partial charge in [-0.05, 0) is 13.1 Å². The molecule has 0 atom stereocenters. The van der Waals surface area contributed by atoms with Crippen molar-refractivity contribution in [2.45, 2.75) is 6.92 Å². The van der Waals surface area contributed by atoms with E-state index < -0.39 is 0 Å². The van der Waals surface area contributed by atoms with Gasteiger partial charge in [-0.25, -0.2) is 0 Å². The van der Waals surface area contributed by atoms with Crippen LogP contribution in [0.25, 0.3) is 0 Å². The molecule has 0 aromatic heterocycles. The van der Waals surface area contributed by atoms with Crippen LogP contribution in [0.2, 0.25) is 0 Å². The second kappa shape index (κ2) is 15.9. The van der Waals surface area contributed by atoms with E-state index in [1.165, 1.54) is 6.21 Å². The fourth-order valence-electron chi connectivity index (χ4n) is 0. The van der Waals surface area contributed by atoms with Crippen LogP contribution in [-0.4, -0.2) is 6.21 Å². The Labute approximate surface area is 87.5 Å². The minimum atomic E-state index is 0. The van der Waals surface area contributed by atoms with E-state index >= 15 is 0 Å². The Hall–Kier alpha value is 1.68. The fraction of sp³-hybridized carbons (Fsp3) is 0.500. The second-order valence-corrected chi connectivity index (χ2v) is 0.364. The second-order valence-electron chi connectivity index (χ2n) is 0.364. The maximum absolute atomic E-state index is 8.87. The minimum absolute atomic E-state index is 0. The first-order valence-electron chi connectivity index (χ1n) is 1.02. The minimum Gasteiger partial charge on any atom is -0.792 e. The number of hydrogen-bond donors (Lipinski definition) is 0. The molecule has 4 heteroatoms. The third-order valence-electron chi connectivity index (χ3n) is 0.105. The van der Waals surface area contributed by atoms with E-state index in [9.17, 15) is 0 Å². The van der Waals surface area contributed by atoms with Crippen LogP contribution in [-0.2, 0) is 65.4 Å². The maximum atomic E-state index is 8.87. The molecule has 0 amide bonds. The van der Waals surface area contributed by atoms with Gasteiger partial charge < -0.3 is 10.4 Å². The Kier molecular flexibility index (Phi) is 41.5. The quantitative estimate of drug-likeness (QED) is 0.447. The molecule has 0 spiro atoms. The van der Waals surface area contributed by atoms with Crippen LogP contribution in [0.4, 0.5) is 0 Å². The standard InChI is InChI=1S/C2H5NO.2Y/c1-2-3-4;;/h2,4H,1H3;;/p-1/b3-2+;;. The molecule has 30 valence electrons. The zero-order valence-corrected chi connectivity index (χ0v) is 9.26. The number of hydrogen-bond acceptors (Lipinski definition) is 2. The molecule has 0 fully saturated rings. The summed E-state index contributed by atoms with van der Waals surface area (Å²) >= 11 is 0. The van der Waals surface area contributed by atoms with Crippen molar-refractivity contribution in [2.75, 3.05) is 0 Å². The molecule has 0 bridgehead atoms. The van der Waals surface area contributed by atoms with Crippen LogP contribution >= 0.6 is 0 Å². The van der Waals surface area contributed by atoms with Crippen molar-refractivity contribution in [2.24, 2.45) is 5.16 Å². The average molecular weight is 236 g/mol. The molecule has 0 aromatic rings. The Morgan fingerprint density at radius 2 is 1.67 bits per heavy atom. The molecule has 2 radical (unpaired) electrons. The van der Waals surface area contributed by atoms with Crippen molar-refractivity contribution >= 4 is 6.21 Å². The molecule has 0 aliphatic rings. The molecule has 0 unspecified atom stereocenters. The van der Waals surface area contributed by atoms with Gasteiger partial charge in [0, 0.05) is 65.4 Å². The van der Waals surface area contributed by atoms with E-state index in [2.05, 4.69) is 5.16 Å². The average Bonchev–Trinajstić information content (AvgIpc) is 1.37. The van der Waals surface area contributed by atoms with Crippen molar-refractivity contribution in [3.8, 4) is 0 Å². The van der Waals surface area contributed by atoms with Crippen LogP contribution in [0.15, 0.2) is 5.16 Å². The van der Waals surface area contributed by atoms with Crippen LogP contribution in [0.3, 0.4) is 0 Å². The van der Waals surface area contributed by atoms with Gasteiger partial charge in [-0.3, -0.25) is 0 Å². The van der Waals surface area contributed by atoms with E-state index in [1.807, 2.05) is 0 Å². The Balaban J connectivity index is -0.0000000450. The molecule has 0 aromatic carbocycles. The van der Waals surface area contributed by atoms with Gasteiger partial charge in [-0.1, -0.05) is 0 Å². The Bertz CT molecular complexity index is 26.7. The smallest absolute Gasteiger partial charge is 0 e. The summed E-state index contributed by atoms with van der Waals surface area (Å²) in [5.41, 5.74) is 0. The SMILES string of the molecule is C/C=N/[O-].[Y].[Y]. The Morgan fingerprint density at radius 3 is 1.67 bits per heavy atom. The van der Waals surface area contributed by atoms with Gasteiger partial charge in [-0.15, -0.1) is 0 Å². The van der Waals surface area contributed by atoms with Crippen LogP contribution < -0.4 is 0 Å². The fourth-order valence-corrected chi connectivity index (χ4v) is 0. The van der Waals surface area contributed by atoms with Gasteiger partial charge in [0.25, 0.3) is 0 Å². The van der Waals surface area contributed by atoms with E-state index in [-0.39, 0.29) is 65.4 Å². The zero-order valence-electron chi connectivity index (χ0n) is 3.59. The molecule has 6 heavy (non-hydrogen) atoms. The van der Waals surface area contributed by atoms with Crippen molar-refractivity contribution in [3.05, 3.63) is 5.21 Å². The normalized spacial score (nSPS) is 6.17. The summed E-state index contributed by atoms with van der Waals surface area (Å²) in [6, 6.07) is 0. The molecular formula is C2H4NOY2-. The largest absolute Gasteiger partial charge is 0.792 e. The van der Waals surface area contributed by atoms with E-state index in [4.69, 9.17) is 5.21 Å². The first-order valence-corrected chi connectivity index (χ1v) is 1.02. The summed E-state index contributed by atoms with van der Waals surface area (Å²) in [6.45, 7) is 1.58. The summed E-state index contributed by atoms with van der Waals surface area (Å²) in [6.07, 6.45) is 1.19. The molecular weight excluding hydrogens is 232 g/mol. The van der Waals surface area contributed by atoms with Crippen LogP contribution in [0.1, 0.15) is 6.92 Å². The van der Waals surface area contributed by atoms with E-state index in [0.717, 1.165) is 0 Å². The van der Waals surface area contributed by atoms with Crippen LogP contribution in [0.5, 0.6) is 0 Å². The molecule has 0 aliphatic heterocycles. The van der Waals surface area contributed by atoms with Crippen molar-refractivity contribution in [3.63, 3.8) is 0 Å². The summed E-state index contributed by atoms with van der Waals surface area (Å²) in [7, 11) is 0. The third kappa shape index (κ3) is 17.3. The summed E-state index contributed by atoms with van der Waals surface area (Å²) < 4.78 is 0. The van der Waals surface area contributed by atoms with E-state index in [0.29, 0.717) is 0 Å². The predicted octanol–water partition coefficient (Wildman–Crippen LogP) is 0.570. The summed E-state index contributed by atoms with van der Waals surface area (Å²) in [5.74, 6) is 0. The molecule has 0 aliphatic carbocycles. The number of nitrogens with zero attached hydrogens (tertiary/aromatic N) is 1. The van der Waals surface area contributed by atoms with Gasteiger partial charge >= 0.3 is 0 Å². The predicted molar refractivity (Wildman–Crippen MR) is 17.5 cm³/mol. The molecule has 0 saturated carbocycles. The summed E-state index contributed by atoms with van der Waals surface area (Å²) in [5, 5.41) is 11.2. The summed E-state index contributed by atoms with van der Waals surface area (Å²) in [4.78, 5) is 0. The molecule has 0 saturated heterocycles. The first kappa shape index (κ1) is 15.6. The molecule has 2 nitrogen and oxygen atoms in total. The monoisotopic (exact) mass is 236 g/mol. The maximum Gasteiger partial charge on any atom is 0 e. The molecule has 0 rings (SSSR count). The van der Waals surface area contributed by atoms with Gasteiger partial charge in [0.2, 0.25) is 0 Å². The van der Waals surface area contributed by atoms with Crippen molar-refractivity contribution in [1.29, 1.82) is 0 Å². The van der Waals surface area contributed by atoms with E-state index in [1.54, 1.807) is 6.92 Å². The van der Waals surface area contributed by atoms with Crippen molar-refractivity contribution < 1.29 is 65.4 Å². The Morgan fingerprint density at radius 1 is 1.50 bits per heavy atom. The van der Waals surface area contributed by atoms with Gasteiger partial charge in [0.05, 0.1) is 0 Å². The van der Waals surface area contributed by atoms with Crippen molar-refractivity contribution in [1.82, 2.24) is 0 Å². The molecule has 0 heterocycles. The molecule has 0 N–H and O–H groups in total. The van der Waals surface area contributed by atoms with Gasteiger partial charge in [0.15, 0.2) is 0 Å². The topological polar surface area (TPSA) is 35.4 Å². The zero-order chi connectivity index (χ0) is 3.41.